The van der Waals surface area contributed by atoms with E-state index in [2.05, 4.69) is 10.3 Å². The van der Waals surface area contributed by atoms with Crippen molar-refractivity contribution in [1.29, 1.82) is 0 Å². The lowest BCUT2D eigenvalue weighted by atomic mass is 10.1. The van der Waals surface area contributed by atoms with Gasteiger partial charge in [0.25, 0.3) is 5.91 Å². The summed E-state index contributed by atoms with van der Waals surface area (Å²) in [5.74, 6) is -1.09. The van der Waals surface area contributed by atoms with Crippen LogP contribution in [0.3, 0.4) is 0 Å². The number of carbonyl (C=O) groups is 1. The summed E-state index contributed by atoms with van der Waals surface area (Å²) in [4.78, 5) is 16.7. The zero-order valence-corrected chi connectivity index (χ0v) is 13.0. The first-order valence-corrected chi connectivity index (χ1v) is 7.29. The number of halogens is 4. The summed E-state index contributed by atoms with van der Waals surface area (Å²) in [6.45, 7) is 1.64. The van der Waals surface area contributed by atoms with Crippen molar-refractivity contribution in [3.8, 4) is 0 Å². The Labute approximate surface area is 140 Å². The van der Waals surface area contributed by atoms with E-state index in [1.165, 1.54) is 36.4 Å². The van der Waals surface area contributed by atoms with Crippen molar-refractivity contribution in [1.82, 2.24) is 4.98 Å². The zero-order chi connectivity index (χ0) is 18.2. The van der Waals surface area contributed by atoms with E-state index in [-0.39, 0.29) is 11.3 Å². The number of hydrogen-bond acceptors (Lipinski definition) is 2. The molecule has 0 radical (unpaired) electrons. The van der Waals surface area contributed by atoms with Crippen LogP contribution < -0.4 is 5.32 Å². The van der Waals surface area contributed by atoms with Gasteiger partial charge in [0.2, 0.25) is 0 Å². The van der Waals surface area contributed by atoms with E-state index >= 15 is 0 Å². The van der Waals surface area contributed by atoms with Gasteiger partial charge in [0.15, 0.2) is 0 Å². The Morgan fingerprint density at radius 1 is 1.08 bits per heavy atom. The number of aryl methyl sites for hydroxylation is 1. The molecule has 0 fully saturated rings. The average molecular weight is 348 g/mol. The Morgan fingerprint density at radius 2 is 1.84 bits per heavy atom. The van der Waals surface area contributed by atoms with Gasteiger partial charge in [-0.2, -0.15) is 13.2 Å². The van der Waals surface area contributed by atoms with Crippen LogP contribution >= 0.6 is 0 Å². The van der Waals surface area contributed by atoms with Crippen LogP contribution in [0.1, 0.15) is 21.6 Å². The number of anilines is 1. The van der Waals surface area contributed by atoms with Crippen LogP contribution in [0.15, 0.2) is 48.5 Å². The van der Waals surface area contributed by atoms with Gasteiger partial charge in [0, 0.05) is 22.8 Å². The molecule has 1 aromatic heterocycles. The number of nitrogens with zero attached hydrogens (tertiary/aromatic N) is 1. The third kappa shape index (κ3) is 3.60. The molecule has 0 aliphatic heterocycles. The van der Waals surface area contributed by atoms with Gasteiger partial charge >= 0.3 is 6.18 Å². The molecule has 7 heteroatoms. The number of fused-ring (bicyclic) bond motifs is 1. The van der Waals surface area contributed by atoms with Crippen molar-refractivity contribution in [3.05, 3.63) is 71.2 Å². The second-order valence-corrected chi connectivity index (χ2v) is 5.51. The Kier molecular flexibility index (Phi) is 4.16. The number of carbonyl (C=O) groups excluding carboxylic acids is 1. The van der Waals surface area contributed by atoms with Crippen molar-refractivity contribution in [2.45, 2.75) is 13.1 Å². The maximum Gasteiger partial charge on any atom is 0.416 e. The predicted molar refractivity (Wildman–Crippen MR) is 85.8 cm³/mol. The first-order valence-electron chi connectivity index (χ1n) is 7.29. The number of pyridine rings is 1. The number of benzene rings is 2. The molecule has 0 saturated heterocycles. The Hall–Kier alpha value is -2.96. The molecular formula is C18H12F4N2O. The molecule has 1 heterocycles. The monoisotopic (exact) mass is 348 g/mol. The normalized spacial score (nSPS) is 11.6. The summed E-state index contributed by atoms with van der Waals surface area (Å²) in [6.07, 6.45) is -4.50. The topological polar surface area (TPSA) is 42.0 Å². The van der Waals surface area contributed by atoms with E-state index in [9.17, 15) is 22.4 Å². The van der Waals surface area contributed by atoms with Crippen molar-refractivity contribution in [3.63, 3.8) is 0 Å². The molecule has 0 spiro atoms. The number of alkyl halides is 3. The molecule has 128 valence electrons. The van der Waals surface area contributed by atoms with Crippen molar-refractivity contribution >= 4 is 22.5 Å². The summed E-state index contributed by atoms with van der Waals surface area (Å²) >= 11 is 0. The number of aromatic nitrogens is 1. The molecule has 3 rings (SSSR count). The Bertz CT molecular complexity index is 962. The van der Waals surface area contributed by atoms with E-state index in [0.29, 0.717) is 16.6 Å². The van der Waals surface area contributed by atoms with Crippen molar-refractivity contribution in [2.24, 2.45) is 0 Å². The van der Waals surface area contributed by atoms with Crippen LogP contribution in [-0.4, -0.2) is 10.9 Å². The van der Waals surface area contributed by atoms with Crippen LogP contribution in [0, 0.1) is 12.7 Å². The van der Waals surface area contributed by atoms with E-state index in [1.807, 2.05) is 0 Å². The molecule has 1 amide bonds. The third-order valence-electron chi connectivity index (χ3n) is 3.59. The summed E-state index contributed by atoms with van der Waals surface area (Å²) in [5, 5.41) is 2.86. The number of nitrogens with one attached hydrogen (secondary N) is 1. The van der Waals surface area contributed by atoms with E-state index in [0.717, 1.165) is 12.1 Å². The molecule has 0 aliphatic carbocycles. The highest BCUT2D eigenvalue weighted by Gasteiger charge is 2.30. The maximum absolute atomic E-state index is 13.4. The highest BCUT2D eigenvalue weighted by Crippen LogP contribution is 2.31. The quantitative estimate of drug-likeness (QED) is 0.666. The molecule has 2 aromatic carbocycles. The van der Waals surface area contributed by atoms with Gasteiger partial charge in [0.1, 0.15) is 5.82 Å². The molecule has 3 nitrogen and oxygen atoms in total. The number of rotatable bonds is 2. The van der Waals surface area contributed by atoms with Gasteiger partial charge in [-0.25, -0.2) is 4.39 Å². The molecule has 0 bridgehead atoms. The zero-order valence-electron chi connectivity index (χ0n) is 13.0. The number of amides is 1. The van der Waals surface area contributed by atoms with Crippen molar-refractivity contribution in [2.75, 3.05) is 5.32 Å². The van der Waals surface area contributed by atoms with E-state index < -0.39 is 23.5 Å². The van der Waals surface area contributed by atoms with Crippen LogP contribution in [0.4, 0.5) is 23.2 Å². The van der Waals surface area contributed by atoms with Gasteiger partial charge in [-0.3, -0.25) is 9.78 Å². The fraction of sp³-hybridized carbons (Fsp3) is 0.111. The van der Waals surface area contributed by atoms with Gasteiger partial charge in [-0.05, 0) is 43.3 Å². The van der Waals surface area contributed by atoms with Gasteiger partial charge in [-0.15, -0.1) is 0 Å². The molecule has 0 saturated carbocycles. The highest BCUT2D eigenvalue weighted by atomic mass is 19.4. The Balaban J connectivity index is 1.98. The summed E-state index contributed by atoms with van der Waals surface area (Å²) in [5.41, 5.74) is 0.161. The molecule has 3 aromatic rings. The first kappa shape index (κ1) is 16.9. The first-order chi connectivity index (χ1) is 11.7. The average Bonchev–Trinajstić information content (AvgIpc) is 2.53. The Morgan fingerprint density at radius 3 is 2.56 bits per heavy atom. The summed E-state index contributed by atoms with van der Waals surface area (Å²) in [7, 11) is 0. The van der Waals surface area contributed by atoms with Crippen LogP contribution in [-0.2, 0) is 6.18 Å². The standard InChI is InChI=1S/C18H12F4N2O/c1-10-7-15(14-6-5-12(19)9-16(14)23-10)17(25)24-13-4-2-3-11(8-13)18(20,21)22/h2-9H,1H3,(H,24,25). The summed E-state index contributed by atoms with van der Waals surface area (Å²) < 4.78 is 51.7. The predicted octanol–water partition coefficient (Wildman–Crippen LogP) is 4.95. The van der Waals surface area contributed by atoms with E-state index in [4.69, 9.17) is 0 Å². The SMILES string of the molecule is Cc1cc(C(=O)Nc2cccc(C(F)(F)F)c2)c2ccc(F)cc2n1. The lowest BCUT2D eigenvalue weighted by Gasteiger charge is -2.11. The summed E-state index contributed by atoms with van der Waals surface area (Å²) in [6, 6.07) is 9.66. The molecule has 25 heavy (non-hydrogen) atoms. The minimum atomic E-state index is -4.50. The number of hydrogen-bond donors (Lipinski definition) is 1. The van der Waals surface area contributed by atoms with Crippen LogP contribution in [0.2, 0.25) is 0 Å². The van der Waals surface area contributed by atoms with Gasteiger partial charge < -0.3 is 5.32 Å². The van der Waals surface area contributed by atoms with Crippen molar-refractivity contribution < 1.29 is 22.4 Å². The third-order valence-corrected chi connectivity index (χ3v) is 3.59. The molecule has 0 aliphatic rings. The second kappa shape index (κ2) is 6.16. The second-order valence-electron chi connectivity index (χ2n) is 5.51. The maximum atomic E-state index is 13.4. The van der Waals surface area contributed by atoms with Gasteiger partial charge in [-0.1, -0.05) is 6.07 Å². The lowest BCUT2D eigenvalue weighted by Crippen LogP contribution is -2.14. The molecule has 0 unspecified atom stereocenters. The fourth-order valence-corrected chi connectivity index (χ4v) is 2.49. The fourth-order valence-electron chi connectivity index (χ4n) is 2.49. The minimum absolute atomic E-state index is 0.0181. The van der Waals surface area contributed by atoms with Gasteiger partial charge in [0.05, 0.1) is 16.6 Å². The smallest absolute Gasteiger partial charge is 0.322 e. The largest absolute Gasteiger partial charge is 0.416 e. The van der Waals surface area contributed by atoms with Crippen LogP contribution in [0.5, 0.6) is 0 Å². The molecule has 1 N–H and O–H groups in total. The highest BCUT2D eigenvalue weighted by molar-refractivity contribution is 6.12. The molecular weight excluding hydrogens is 336 g/mol. The van der Waals surface area contributed by atoms with E-state index in [1.54, 1.807) is 6.92 Å². The van der Waals surface area contributed by atoms with Crippen LogP contribution in [0.25, 0.3) is 10.9 Å². The molecule has 0 atom stereocenters. The lowest BCUT2D eigenvalue weighted by molar-refractivity contribution is -0.137. The minimum Gasteiger partial charge on any atom is -0.322 e.